The number of aromatic hydroxyl groups is 1. The summed E-state index contributed by atoms with van der Waals surface area (Å²) in [5, 5.41) is 18.0. The van der Waals surface area contributed by atoms with Gasteiger partial charge in [0.15, 0.2) is 5.96 Å². The van der Waals surface area contributed by atoms with Gasteiger partial charge in [0.05, 0.1) is 18.8 Å². The second-order valence-corrected chi connectivity index (χ2v) is 4.96. The Bertz CT molecular complexity index is 677. The van der Waals surface area contributed by atoms with Gasteiger partial charge >= 0.3 is 0 Å². The lowest BCUT2D eigenvalue weighted by atomic mass is 10.3. The number of aromatic nitrogens is 1. The summed E-state index contributed by atoms with van der Waals surface area (Å²) in [6, 6.07) is 11.9. The number of carbonyl (C=O) groups is 1. The van der Waals surface area contributed by atoms with Crippen LogP contribution in [0, 0.1) is 0 Å². The molecular weight excluding hydrogens is 433 g/mol. The normalized spacial score (nSPS) is 10.5. The third kappa shape index (κ3) is 7.84. The minimum atomic E-state index is -0.205. The number of aliphatic imine (C=N–C) groups is 1. The van der Waals surface area contributed by atoms with Gasteiger partial charge < -0.3 is 21.1 Å². The predicted octanol–water partition coefficient (Wildman–Crippen LogP) is 2.10. The van der Waals surface area contributed by atoms with Crippen molar-refractivity contribution in [1.29, 1.82) is 0 Å². The molecule has 0 fully saturated rings. The van der Waals surface area contributed by atoms with Crippen LogP contribution in [0.25, 0.3) is 0 Å². The molecule has 7 nitrogen and oxygen atoms in total. The Morgan fingerprint density at radius 3 is 2.56 bits per heavy atom. The van der Waals surface area contributed by atoms with Crippen LogP contribution in [0.2, 0.25) is 0 Å². The molecule has 1 heterocycles. The van der Waals surface area contributed by atoms with Gasteiger partial charge in [0, 0.05) is 18.4 Å². The van der Waals surface area contributed by atoms with Crippen molar-refractivity contribution in [3.8, 4) is 5.75 Å². The predicted molar refractivity (Wildman–Crippen MR) is 109 cm³/mol. The molecule has 25 heavy (non-hydrogen) atoms. The van der Waals surface area contributed by atoms with E-state index in [4.69, 9.17) is 0 Å². The first kappa shape index (κ1) is 20.7. The number of amides is 1. The number of nitrogens with zero attached hydrogens (tertiary/aromatic N) is 2. The molecule has 134 valence electrons. The maximum Gasteiger partial charge on any atom is 0.243 e. The third-order valence-corrected chi connectivity index (χ3v) is 3.04. The van der Waals surface area contributed by atoms with Crippen LogP contribution in [0.1, 0.15) is 12.6 Å². The molecule has 8 heteroatoms. The molecule has 0 aliphatic heterocycles. The molecule has 0 saturated heterocycles. The summed E-state index contributed by atoms with van der Waals surface area (Å²) in [7, 11) is 0. The monoisotopic (exact) mass is 455 g/mol. The minimum Gasteiger partial charge on any atom is -0.508 e. The molecule has 0 radical (unpaired) electrons. The quantitative estimate of drug-likeness (QED) is 0.232. The van der Waals surface area contributed by atoms with Crippen molar-refractivity contribution in [1.82, 2.24) is 15.6 Å². The van der Waals surface area contributed by atoms with Crippen molar-refractivity contribution in [3.05, 3.63) is 54.4 Å². The number of carbonyl (C=O) groups excluding carboxylic acids is 1. The van der Waals surface area contributed by atoms with Crippen LogP contribution < -0.4 is 16.0 Å². The number of guanidine groups is 1. The maximum absolute atomic E-state index is 11.9. The highest BCUT2D eigenvalue weighted by atomic mass is 127. The van der Waals surface area contributed by atoms with Crippen LogP contribution in [0.5, 0.6) is 5.75 Å². The van der Waals surface area contributed by atoms with E-state index in [0.29, 0.717) is 24.7 Å². The van der Waals surface area contributed by atoms with Crippen LogP contribution in [0.4, 0.5) is 5.69 Å². The van der Waals surface area contributed by atoms with Crippen molar-refractivity contribution < 1.29 is 9.90 Å². The number of anilines is 1. The highest BCUT2D eigenvalue weighted by molar-refractivity contribution is 14.0. The number of pyridine rings is 1. The maximum atomic E-state index is 11.9. The molecule has 2 aromatic rings. The largest absolute Gasteiger partial charge is 0.508 e. The van der Waals surface area contributed by atoms with Crippen molar-refractivity contribution in [2.75, 3.05) is 18.4 Å². The molecular formula is C17H22IN5O2. The fraction of sp³-hybridized carbons (Fsp3) is 0.235. The first-order valence-corrected chi connectivity index (χ1v) is 7.68. The number of rotatable bonds is 6. The van der Waals surface area contributed by atoms with Crippen molar-refractivity contribution in [3.63, 3.8) is 0 Å². The number of hydrogen-bond acceptors (Lipinski definition) is 4. The van der Waals surface area contributed by atoms with Gasteiger partial charge in [0.1, 0.15) is 5.75 Å². The molecule has 0 bridgehead atoms. The van der Waals surface area contributed by atoms with Gasteiger partial charge in [0.25, 0.3) is 0 Å². The van der Waals surface area contributed by atoms with E-state index in [-0.39, 0.29) is 42.2 Å². The fourth-order valence-corrected chi connectivity index (χ4v) is 1.91. The van der Waals surface area contributed by atoms with E-state index >= 15 is 0 Å². The van der Waals surface area contributed by atoms with Gasteiger partial charge in [-0.25, -0.2) is 4.99 Å². The number of hydrogen-bond donors (Lipinski definition) is 4. The number of phenols is 1. The summed E-state index contributed by atoms with van der Waals surface area (Å²) >= 11 is 0. The molecule has 2 rings (SSSR count). The molecule has 0 atom stereocenters. The summed E-state index contributed by atoms with van der Waals surface area (Å²) in [6.07, 6.45) is 1.72. The summed E-state index contributed by atoms with van der Waals surface area (Å²) in [5.41, 5.74) is 1.47. The molecule has 0 spiro atoms. The van der Waals surface area contributed by atoms with Crippen LogP contribution >= 0.6 is 24.0 Å². The van der Waals surface area contributed by atoms with Crippen LogP contribution in [-0.2, 0) is 11.3 Å². The highest BCUT2D eigenvalue weighted by Crippen LogP contribution is 2.13. The zero-order valence-corrected chi connectivity index (χ0v) is 16.2. The summed E-state index contributed by atoms with van der Waals surface area (Å²) in [4.78, 5) is 20.5. The molecule has 0 saturated carbocycles. The Kier molecular flexibility index (Phi) is 9.30. The highest BCUT2D eigenvalue weighted by Gasteiger charge is 2.04. The number of nitrogens with one attached hydrogen (secondary N) is 3. The molecule has 0 unspecified atom stereocenters. The Hall–Kier alpha value is -2.36. The van der Waals surface area contributed by atoms with E-state index in [9.17, 15) is 9.90 Å². The fourth-order valence-electron chi connectivity index (χ4n) is 1.91. The average molecular weight is 455 g/mol. The summed E-state index contributed by atoms with van der Waals surface area (Å²) < 4.78 is 0. The summed E-state index contributed by atoms with van der Waals surface area (Å²) in [5.74, 6) is 0.496. The average Bonchev–Trinajstić information content (AvgIpc) is 2.60. The smallest absolute Gasteiger partial charge is 0.243 e. The van der Waals surface area contributed by atoms with Gasteiger partial charge in [0.2, 0.25) is 5.91 Å². The second kappa shape index (κ2) is 11.2. The molecule has 0 aliphatic carbocycles. The molecule has 1 aromatic carbocycles. The molecule has 0 aliphatic rings. The van der Waals surface area contributed by atoms with Crippen molar-refractivity contribution >= 4 is 41.5 Å². The Morgan fingerprint density at radius 1 is 1.16 bits per heavy atom. The Labute approximate surface area is 164 Å². The van der Waals surface area contributed by atoms with E-state index in [0.717, 1.165) is 5.69 Å². The first-order valence-electron chi connectivity index (χ1n) is 7.68. The van der Waals surface area contributed by atoms with Crippen molar-refractivity contribution in [2.24, 2.45) is 4.99 Å². The van der Waals surface area contributed by atoms with E-state index < -0.39 is 0 Å². The van der Waals surface area contributed by atoms with Gasteiger partial charge in [-0.2, -0.15) is 0 Å². The van der Waals surface area contributed by atoms with Crippen LogP contribution in [0.15, 0.2) is 53.7 Å². The topological polar surface area (TPSA) is 98.6 Å². The van der Waals surface area contributed by atoms with Crippen LogP contribution in [0.3, 0.4) is 0 Å². The number of halogens is 1. The lowest BCUT2D eigenvalue weighted by molar-refractivity contribution is -0.115. The van der Waals surface area contributed by atoms with Gasteiger partial charge in [-0.15, -0.1) is 24.0 Å². The first-order chi connectivity index (χ1) is 11.7. The van der Waals surface area contributed by atoms with Crippen molar-refractivity contribution in [2.45, 2.75) is 13.5 Å². The van der Waals surface area contributed by atoms with Gasteiger partial charge in [-0.05, 0) is 43.3 Å². The van der Waals surface area contributed by atoms with E-state index in [1.807, 2.05) is 25.1 Å². The van der Waals surface area contributed by atoms with E-state index in [2.05, 4.69) is 25.9 Å². The SMILES string of the molecule is CCNC(=NCc1ccccn1)NCC(=O)Nc1ccc(O)cc1.I. The van der Waals surface area contributed by atoms with Gasteiger partial charge in [-0.1, -0.05) is 6.07 Å². The van der Waals surface area contributed by atoms with Crippen LogP contribution in [-0.4, -0.2) is 35.0 Å². The number of phenolic OH excluding ortho intramolecular Hbond substituents is 1. The van der Waals surface area contributed by atoms with E-state index in [1.54, 1.807) is 18.3 Å². The zero-order chi connectivity index (χ0) is 17.2. The number of benzene rings is 1. The van der Waals surface area contributed by atoms with Gasteiger partial charge in [-0.3, -0.25) is 9.78 Å². The third-order valence-electron chi connectivity index (χ3n) is 3.04. The lowest BCUT2D eigenvalue weighted by Crippen LogP contribution is -2.41. The van der Waals surface area contributed by atoms with E-state index in [1.165, 1.54) is 12.1 Å². The standard InChI is InChI=1S/C17H21N5O2.HI/c1-2-18-17(20-11-14-5-3-4-10-19-14)21-12-16(24)22-13-6-8-15(23)9-7-13;/h3-10,23H,2,11-12H2,1H3,(H,22,24)(H2,18,20,21);1H. The Morgan fingerprint density at radius 2 is 1.92 bits per heavy atom. The Balaban J connectivity index is 0.00000312. The molecule has 4 N–H and O–H groups in total. The minimum absolute atomic E-state index is 0. The lowest BCUT2D eigenvalue weighted by Gasteiger charge is -2.11. The second-order valence-electron chi connectivity index (χ2n) is 4.96. The molecule has 1 aromatic heterocycles. The molecule has 1 amide bonds. The summed E-state index contributed by atoms with van der Waals surface area (Å²) in [6.45, 7) is 3.15. The zero-order valence-electron chi connectivity index (χ0n) is 13.9.